The van der Waals surface area contributed by atoms with Gasteiger partial charge in [0.25, 0.3) is 34.8 Å². The molecule has 5 fully saturated rings. The van der Waals surface area contributed by atoms with E-state index in [0.717, 1.165) is 114 Å². The SMILES string of the molecule is C=CC[C@@H](CNC(=O)c1cccc(OC)c1C)C1CCCCC1.C=CC[C@H](C1CCCCC1)N(NC(=O)c1cccc(OC)c1C)C(=O)c1cc(C)cc(C)c1.C=CC[Si]1(Cl)O[C@@H](c2ccccc2)[C@H](C)N1C.COc1cccc(C(=O)NN)c1C.COc1cccc(C(=O)NN=CC2CCCCC2)c1C.Cc1cc(C)cc(C(=O)Cl)c1.O=CC1CCCCC1. The van der Waals surface area contributed by atoms with Crippen LogP contribution in [0.25, 0.3) is 0 Å². The molecule has 4 aliphatic carbocycles. The highest BCUT2D eigenvalue weighted by Gasteiger charge is 2.51. The van der Waals surface area contributed by atoms with Crippen molar-refractivity contribution in [1.82, 2.24) is 31.2 Å². The lowest BCUT2D eigenvalue weighted by atomic mass is 9.78. The number of allylic oxidation sites excluding steroid dienone is 2. The molecular weight excluding hydrogens is 1630 g/mol. The number of aryl methyl sites for hydroxylation is 4. The maximum absolute atomic E-state index is 13.8. The first kappa shape index (κ1) is 104. The van der Waals surface area contributed by atoms with E-state index in [1.54, 1.807) is 82.0 Å². The summed E-state index contributed by atoms with van der Waals surface area (Å²) < 4.78 is 29.3. The van der Waals surface area contributed by atoms with E-state index in [1.807, 2.05) is 159 Å². The standard InChI is InChI=1S/C28H36N2O3.C20H29NO2.C16H22N2O2.C13H18ClNOSi.C9H9ClO.C9H12N2O2.C7H12O/c1-6-11-25(22-12-8-7-9-13-22)30(28(32)23-17-19(2)16-20(3)18-23)29-27(31)24-14-10-15-26(33-5)21(24)4;1-4-9-17(16-10-6-5-7-11-16)14-21-20(22)18-12-8-13-19(23-3)15(18)2;1-12-14(9-6-10-15(12)20-2)16(19)18-17-11-13-7-4-3-5-8-13;1-4-10-17(14)15(3)11(2)13(16-17)12-8-6-5-7-9-12;1-6-3-7(2)5-8(4-6)9(10)11;1-6-7(9(12)11-10)4-3-5-8(6)13-2;8-6-7-4-2-1-3-5-7/h6,10,14-18,22,25H,1,7-9,11-13H2,2-5H3,(H,29,31);4,8,12-13,16-17H,1,5-7,9-11,14H2,2-3H3,(H,21,22);6,9-11,13H,3-5,7-8H2,1-2H3,(H,18,19);4-9,11,13H,1,10H2,2-3H3;3-5H,1-2H3;3-5H,10H2,1-2H3,(H,11,12);6-7H,1-5H2/t25-;17-;;11-,13+,17?;;;/m10.0.../s1. The number of benzene rings is 7. The van der Waals surface area contributed by atoms with E-state index in [1.165, 1.54) is 95.5 Å². The molecule has 0 bridgehead atoms. The number of amides is 5. The molecule has 5 atom stereocenters. The molecule has 12 rings (SSSR count). The predicted octanol–water partition coefficient (Wildman–Crippen LogP) is 22.2. The number of hydrazine groups is 2. The summed E-state index contributed by atoms with van der Waals surface area (Å²) in [4.78, 5) is 84.0. The lowest BCUT2D eigenvalue weighted by Crippen LogP contribution is -2.54. The van der Waals surface area contributed by atoms with E-state index in [0.29, 0.717) is 92.7 Å². The Morgan fingerprint density at radius 3 is 1.34 bits per heavy atom. The number of aldehydes is 1. The van der Waals surface area contributed by atoms with Gasteiger partial charge >= 0.3 is 7.79 Å². The third-order valence-corrected chi connectivity index (χ3v) is 28.7. The third-order valence-electron chi connectivity index (χ3n) is 24.1. The molecule has 1 aliphatic heterocycles. The molecule has 20 nitrogen and oxygen atoms in total. The van der Waals surface area contributed by atoms with Gasteiger partial charge in [-0.25, -0.2) is 16.3 Å². The lowest BCUT2D eigenvalue weighted by molar-refractivity contribution is -0.111. The largest absolute Gasteiger partial charge is 0.496 e. The van der Waals surface area contributed by atoms with Crippen LogP contribution in [0.1, 0.15) is 267 Å². The van der Waals surface area contributed by atoms with Crippen LogP contribution < -0.4 is 46.4 Å². The van der Waals surface area contributed by atoms with Crippen LogP contribution in [0.5, 0.6) is 23.0 Å². The summed E-state index contributed by atoms with van der Waals surface area (Å²) in [5.41, 5.74) is 19.8. The zero-order valence-corrected chi connectivity index (χ0v) is 79.0. The van der Waals surface area contributed by atoms with Gasteiger partial charge in [0.1, 0.15) is 29.3 Å². The van der Waals surface area contributed by atoms with Gasteiger partial charge in [-0.1, -0.05) is 197 Å². The van der Waals surface area contributed by atoms with Gasteiger partial charge in [0.2, 0.25) is 0 Å². The van der Waals surface area contributed by atoms with Crippen LogP contribution in [0.2, 0.25) is 6.04 Å². The van der Waals surface area contributed by atoms with Crippen LogP contribution in [0.4, 0.5) is 0 Å². The molecule has 7 aromatic rings. The maximum Gasteiger partial charge on any atom is 0.377 e. The minimum atomic E-state index is -2.31. The van der Waals surface area contributed by atoms with Crippen molar-refractivity contribution in [3.05, 3.63) is 261 Å². The number of methoxy groups -OCH3 is 4. The van der Waals surface area contributed by atoms with Crippen LogP contribution in [-0.4, -0.2) is 119 Å². The molecule has 5 amide bonds. The van der Waals surface area contributed by atoms with Crippen molar-refractivity contribution in [3.63, 3.8) is 0 Å². The number of carbonyl (C=O) groups is 7. The average Bonchev–Trinajstić information content (AvgIpc) is 1.59. The third kappa shape index (κ3) is 32.4. The van der Waals surface area contributed by atoms with Gasteiger partial charge in [-0.2, -0.15) is 5.10 Å². The zero-order chi connectivity index (χ0) is 91.5. The number of nitrogens with one attached hydrogen (secondary N) is 4. The Hall–Kier alpha value is -10.0. The highest BCUT2D eigenvalue weighted by atomic mass is 35.6. The van der Waals surface area contributed by atoms with E-state index in [4.69, 9.17) is 51.9 Å². The number of halogens is 2. The Morgan fingerprint density at radius 2 is 0.936 bits per heavy atom. The predicted molar refractivity (Wildman–Crippen MR) is 510 cm³/mol. The summed E-state index contributed by atoms with van der Waals surface area (Å²) in [5.74, 6) is 9.27. The van der Waals surface area contributed by atoms with Gasteiger partial charge < -0.3 is 33.5 Å². The molecule has 676 valence electrons. The summed E-state index contributed by atoms with van der Waals surface area (Å²) in [5, 5.41) is 8.42. The molecule has 4 saturated carbocycles. The molecule has 1 heterocycles. The van der Waals surface area contributed by atoms with Crippen molar-refractivity contribution >= 4 is 77.7 Å². The molecular formula is C102H138Cl2N8O12Si. The molecule has 1 saturated heterocycles. The van der Waals surface area contributed by atoms with Crippen molar-refractivity contribution in [2.75, 3.05) is 42.0 Å². The second-order valence-electron chi connectivity index (χ2n) is 33.2. The van der Waals surface area contributed by atoms with Gasteiger partial charge in [-0.15, -0.1) is 30.8 Å². The molecule has 0 aromatic heterocycles. The number of carbonyl (C=O) groups excluding carboxylic acids is 7. The Bertz CT molecular complexity index is 4610. The molecule has 6 N–H and O–H groups in total. The number of hydrazone groups is 1. The maximum atomic E-state index is 13.8. The Kier molecular flexibility index (Phi) is 45.5. The second-order valence-corrected chi connectivity index (χ2v) is 38.0. The van der Waals surface area contributed by atoms with Crippen molar-refractivity contribution in [2.45, 2.75) is 228 Å². The Labute approximate surface area is 755 Å². The fraction of sp³-hybridized carbons (Fsp3) is 0.451. The average molecular weight is 1770 g/mol. The highest BCUT2D eigenvalue weighted by molar-refractivity contribution is 7.15. The van der Waals surface area contributed by atoms with Gasteiger partial charge in [-0.3, -0.25) is 44.2 Å². The quantitative estimate of drug-likeness (QED) is 0.00410. The number of likely N-dealkylation sites (N-methyl/N-ethyl adjacent to an activating group) is 1. The molecule has 1 unspecified atom stereocenters. The van der Waals surface area contributed by atoms with Gasteiger partial charge in [0.05, 0.1) is 40.6 Å². The smallest absolute Gasteiger partial charge is 0.377 e. The summed E-state index contributed by atoms with van der Waals surface area (Å²) in [6, 6.07) is 44.2. The van der Waals surface area contributed by atoms with Gasteiger partial charge in [-0.05, 0) is 234 Å². The Morgan fingerprint density at radius 1 is 0.528 bits per heavy atom. The number of nitrogen functional groups attached to an aromatic ring is 1. The zero-order valence-electron chi connectivity index (χ0n) is 76.5. The van der Waals surface area contributed by atoms with Crippen molar-refractivity contribution in [3.8, 4) is 23.0 Å². The van der Waals surface area contributed by atoms with Crippen molar-refractivity contribution in [2.24, 2.45) is 40.5 Å². The molecule has 23 heteroatoms. The van der Waals surface area contributed by atoms with E-state index in [-0.39, 0.29) is 41.7 Å². The van der Waals surface area contributed by atoms with Crippen LogP contribution in [0.15, 0.2) is 183 Å². The van der Waals surface area contributed by atoms with Gasteiger partial charge in [0.15, 0.2) is 0 Å². The number of nitrogens with zero attached hydrogens (tertiary/aromatic N) is 3. The first-order chi connectivity index (χ1) is 60.0. The normalized spacial score (nSPS) is 17.5. The van der Waals surface area contributed by atoms with E-state index >= 15 is 0 Å². The molecule has 0 radical (unpaired) electrons. The molecule has 5 aliphatic rings. The topological polar surface area (TPSA) is 259 Å². The van der Waals surface area contributed by atoms with E-state index in [9.17, 15) is 33.6 Å². The summed E-state index contributed by atoms with van der Waals surface area (Å²) in [7, 11) is 6.12. The summed E-state index contributed by atoms with van der Waals surface area (Å²) >= 11 is 11.9. The van der Waals surface area contributed by atoms with E-state index < -0.39 is 13.0 Å². The first-order valence-electron chi connectivity index (χ1n) is 44.2. The monoisotopic (exact) mass is 1760 g/mol. The van der Waals surface area contributed by atoms with E-state index in [2.05, 4.69) is 77.1 Å². The van der Waals surface area contributed by atoms with Crippen LogP contribution >= 0.6 is 22.7 Å². The number of rotatable bonds is 25. The Balaban J connectivity index is 0.000000235. The molecule has 0 spiro atoms. The minimum Gasteiger partial charge on any atom is -0.496 e. The van der Waals surface area contributed by atoms with Crippen LogP contribution in [0.3, 0.4) is 0 Å². The fourth-order valence-electron chi connectivity index (χ4n) is 17.0. The second kappa shape index (κ2) is 54.8. The van der Waals surface area contributed by atoms with Crippen LogP contribution in [0, 0.1) is 85.0 Å². The highest BCUT2D eigenvalue weighted by Crippen LogP contribution is 2.42. The number of ether oxygens (including phenoxy) is 4. The number of hydrogen-bond acceptors (Lipinski definition) is 15. The lowest BCUT2D eigenvalue weighted by Gasteiger charge is -2.38. The van der Waals surface area contributed by atoms with Crippen molar-refractivity contribution < 1.29 is 56.9 Å². The minimum absolute atomic E-state index is 0.00808. The fourth-order valence-corrected chi connectivity index (χ4v) is 20.6. The number of nitrogens with two attached hydrogens (primary N) is 1. The summed E-state index contributed by atoms with van der Waals surface area (Å²) in [6.45, 7) is 29.8. The van der Waals surface area contributed by atoms with Gasteiger partial charge in [0, 0.05) is 86.4 Å². The van der Waals surface area contributed by atoms with Crippen molar-refractivity contribution in [1.29, 1.82) is 0 Å². The first-order valence-corrected chi connectivity index (χ1v) is 47.6. The molecule has 7 aromatic carbocycles. The molecule has 125 heavy (non-hydrogen) atoms. The van der Waals surface area contributed by atoms with Crippen LogP contribution in [-0.2, 0) is 9.22 Å². The number of hydrogen-bond donors (Lipinski definition) is 5. The summed E-state index contributed by atoms with van der Waals surface area (Å²) in [6.07, 6.45) is 34.9.